The van der Waals surface area contributed by atoms with Gasteiger partial charge < -0.3 is 38.6 Å². The van der Waals surface area contributed by atoms with Gasteiger partial charge in [0.25, 0.3) is 8.53 Å². The Balaban J connectivity index is 1.15. The van der Waals surface area contributed by atoms with Gasteiger partial charge in [0.15, 0.2) is 6.10 Å². The van der Waals surface area contributed by atoms with Crippen LogP contribution in [0.5, 0.6) is 17.2 Å². The minimum atomic E-state index is -1.85. The van der Waals surface area contributed by atoms with Gasteiger partial charge in [0, 0.05) is 61.5 Å². The molecule has 0 saturated heterocycles. The summed E-state index contributed by atoms with van der Waals surface area (Å²) in [6, 6.07) is 42.6. The molecule has 390 valence electrons. The number of nitrogens with zero attached hydrogens (tertiary/aromatic N) is 5. The number of amides is 2. The van der Waals surface area contributed by atoms with E-state index in [0.29, 0.717) is 66.0 Å². The van der Waals surface area contributed by atoms with E-state index in [1.165, 1.54) is 0 Å². The van der Waals surface area contributed by atoms with Crippen molar-refractivity contribution in [3.63, 3.8) is 0 Å². The number of aromatic nitrogens is 3. The molecule has 15 nitrogen and oxygen atoms in total. The van der Waals surface area contributed by atoms with Crippen molar-refractivity contribution in [2.75, 3.05) is 47.1 Å². The Morgan fingerprint density at radius 1 is 0.676 bits per heavy atom. The fourth-order valence-electron chi connectivity index (χ4n) is 8.39. The Morgan fingerprint density at radius 3 is 1.73 bits per heavy atom. The van der Waals surface area contributed by atoms with Gasteiger partial charge in [-0.1, -0.05) is 80.6 Å². The summed E-state index contributed by atoms with van der Waals surface area (Å²) in [5.74, 6) is 1.49. The highest BCUT2D eigenvalue weighted by Gasteiger charge is 2.45. The molecule has 3 aromatic heterocycles. The first-order chi connectivity index (χ1) is 35.8. The van der Waals surface area contributed by atoms with Gasteiger partial charge in [-0.3, -0.25) is 19.6 Å². The predicted octanol–water partition coefficient (Wildman–Crippen LogP) is 10.7. The normalized spacial score (nSPS) is 12.5. The number of hydrogen-bond acceptors (Lipinski definition) is 13. The molecule has 0 aliphatic rings. The van der Waals surface area contributed by atoms with Gasteiger partial charge in [-0.15, -0.1) is 0 Å². The molecule has 0 bridgehead atoms. The van der Waals surface area contributed by atoms with Crippen LogP contribution in [0.3, 0.4) is 0 Å². The summed E-state index contributed by atoms with van der Waals surface area (Å²) in [5.41, 5.74) is 3.12. The minimum Gasteiger partial charge on any atom is -0.497 e. The summed E-state index contributed by atoms with van der Waals surface area (Å²) < 4.78 is 40.0. The standard InChI is InChI=1S/C58H70N7O8P/c1-42(2)65(43(3)4)74(72-38-17-32-59)73-55(57(5,6)41-71-58(44-19-10-9-11-20-44,45-24-28-47(68-7)29-25-45)46-26-30-48(69-8)31-27-46)56(67)63-36-18-35-62-54(66)23-16-37-70-49-39-52(50-21-12-14-33-60-50)64-53(40-49)51-22-13-15-34-61-51/h9-15,19-22,24-31,33-34,39-40,42-43,55H,16-18,23,35-38,41H2,1-8H3,(H,62,66)(H,63,67)/t55-,74?/m0/s1. The third-order valence-corrected chi connectivity index (χ3v) is 14.2. The van der Waals surface area contributed by atoms with Crippen molar-refractivity contribution in [2.24, 2.45) is 5.41 Å². The molecule has 16 heteroatoms. The molecule has 2 N–H and O–H groups in total. The fraction of sp³-hybridized carbons (Fsp3) is 0.379. The average molecular weight is 1020 g/mol. The first-order valence-electron chi connectivity index (χ1n) is 25.0. The second-order valence-electron chi connectivity index (χ2n) is 18.8. The van der Waals surface area contributed by atoms with Crippen molar-refractivity contribution >= 4 is 20.3 Å². The summed E-state index contributed by atoms with van der Waals surface area (Å²) in [4.78, 5) is 41.5. The van der Waals surface area contributed by atoms with E-state index in [4.69, 9.17) is 33.0 Å². The van der Waals surface area contributed by atoms with Gasteiger partial charge in [0.2, 0.25) is 11.8 Å². The van der Waals surface area contributed by atoms with Gasteiger partial charge in [-0.2, -0.15) is 5.26 Å². The highest BCUT2D eigenvalue weighted by Crippen LogP contribution is 2.50. The van der Waals surface area contributed by atoms with E-state index in [9.17, 15) is 14.9 Å². The van der Waals surface area contributed by atoms with Gasteiger partial charge in [0.1, 0.15) is 22.8 Å². The molecule has 0 aliphatic carbocycles. The number of nitrogens with one attached hydrogen (secondary N) is 2. The first-order valence-corrected chi connectivity index (χ1v) is 26.2. The van der Waals surface area contributed by atoms with Crippen LogP contribution in [0.1, 0.15) is 83.9 Å². The Hall–Kier alpha value is -6.79. The third kappa shape index (κ3) is 15.4. The predicted molar refractivity (Wildman–Crippen MR) is 288 cm³/mol. The maximum absolute atomic E-state index is 14.7. The van der Waals surface area contributed by atoms with E-state index >= 15 is 0 Å². The Labute approximate surface area is 437 Å². The van der Waals surface area contributed by atoms with Crippen LogP contribution < -0.4 is 24.8 Å². The van der Waals surface area contributed by atoms with Crippen molar-refractivity contribution in [1.29, 1.82) is 5.26 Å². The maximum atomic E-state index is 14.7. The molecule has 3 heterocycles. The molecule has 0 radical (unpaired) electrons. The molecule has 0 saturated carbocycles. The van der Waals surface area contributed by atoms with Crippen LogP contribution in [0, 0.1) is 16.7 Å². The van der Waals surface area contributed by atoms with E-state index in [1.54, 1.807) is 26.6 Å². The van der Waals surface area contributed by atoms with E-state index < -0.39 is 25.6 Å². The lowest BCUT2D eigenvalue weighted by molar-refractivity contribution is -0.139. The quantitative estimate of drug-likeness (QED) is 0.0258. The maximum Gasteiger partial charge on any atom is 0.260 e. The lowest BCUT2D eigenvalue weighted by atomic mass is 9.79. The number of carbonyl (C=O) groups is 2. The molecule has 0 aliphatic heterocycles. The molecular weight excluding hydrogens is 954 g/mol. The number of hydrogen-bond donors (Lipinski definition) is 2. The molecule has 0 spiro atoms. The third-order valence-electron chi connectivity index (χ3n) is 12.1. The molecule has 6 aromatic rings. The summed E-state index contributed by atoms with van der Waals surface area (Å²) in [6.07, 6.45) is 3.68. The van der Waals surface area contributed by atoms with Gasteiger partial charge in [-0.05, 0) is 106 Å². The fourth-order valence-corrected chi connectivity index (χ4v) is 10.3. The summed E-state index contributed by atoms with van der Waals surface area (Å²) >= 11 is 0. The first kappa shape index (κ1) is 56.5. The smallest absolute Gasteiger partial charge is 0.260 e. The molecule has 3 aromatic carbocycles. The minimum absolute atomic E-state index is 0.0111. The second-order valence-corrected chi connectivity index (χ2v) is 20.2. The summed E-state index contributed by atoms with van der Waals surface area (Å²) in [7, 11) is 1.41. The topological polar surface area (TPSA) is 179 Å². The van der Waals surface area contributed by atoms with E-state index in [1.807, 2.05) is 141 Å². The molecule has 1 unspecified atom stereocenters. The largest absolute Gasteiger partial charge is 0.497 e. The number of nitriles is 1. The number of methoxy groups -OCH3 is 2. The average Bonchev–Trinajstić information content (AvgIpc) is 3.42. The number of pyridine rings is 3. The molecular formula is C58H70N7O8P. The Kier molecular flexibility index (Phi) is 21.4. The van der Waals surface area contributed by atoms with Crippen LogP contribution in [-0.2, 0) is 29.0 Å². The van der Waals surface area contributed by atoms with Crippen molar-refractivity contribution in [1.82, 2.24) is 30.3 Å². The highest BCUT2D eigenvalue weighted by atomic mass is 31.2. The van der Waals surface area contributed by atoms with E-state index in [-0.39, 0.29) is 56.5 Å². The Bertz CT molecular complexity index is 2580. The molecule has 74 heavy (non-hydrogen) atoms. The molecule has 2 amide bonds. The van der Waals surface area contributed by atoms with Crippen LogP contribution in [0.4, 0.5) is 0 Å². The number of ether oxygens (including phenoxy) is 4. The van der Waals surface area contributed by atoms with Crippen molar-refractivity contribution < 1.29 is 37.6 Å². The van der Waals surface area contributed by atoms with E-state index in [2.05, 4.69) is 59.0 Å². The van der Waals surface area contributed by atoms with Crippen molar-refractivity contribution in [3.8, 4) is 46.1 Å². The summed E-state index contributed by atoms with van der Waals surface area (Å²) in [6.45, 7) is 13.2. The number of carbonyl (C=O) groups excluding carboxylic acids is 2. The lowest BCUT2D eigenvalue weighted by Gasteiger charge is -2.43. The van der Waals surface area contributed by atoms with Crippen molar-refractivity contribution in [2.45, 2.75) is 91.0 Å². The molecule has 6 rings (SSSR count). The van der Waals surface area contributed by atoms with Crippen LogP contribution >= 0.6 is 8.53 Å². The van der Waals surface area contributed by atoms with Gasteiger partial charge in [-0.25, -0.2) is 9.65 Å². The Morgan fingerprint density at radius 2 is 1.22 bits per heavy atom. The zero-order chi connectivity index (χ0) is 52.9. The van der Waals surface area contributed by atoms with Crippen molar-refractivity contribution in [3.05, 3.63) is 156 Å². The van der Waals surface area contributed by atoms with E-state index in [0.717, 1.165) is 16.7 Å². The molecule has 2 atom stereocenters. The van der Waals surface area contributed by atoms with Crippen LogP contribution in [0.25, 0.3) is 22.8 Å². The number of benzene rings is 3. The van der Waals surface area contributed by atoms with Crippen LogP contribution in [0.2, 0.25) is 0 Å². The number of rotatable bonds is 29. The lowest BCUT2D eigenvalue weighted by Crippen LogP contribution is -2.50. The van der Waals surface area contributed by atoms with Gasteiger partial charge in [0.05, 0.1) is 69.3 Å². The molecule has 0 fully saturated rings. The van der Waals surface area contributed by atoms with Crippen LogP contribution in [-0.4, -0.2) is 96.8 Å². The SMILES string of the molecule is COc1ccc(C(OCC(C)(C)[C@@H](OP(OCCC#N)N(C(C)C)C(C)C)C(=O)NCCCNC(=O)CCCOc2cc(-c3ccccn3)nc(-c3ccccn3)c2)(c2ccccc2)c2ccc(OC)cc2)cc1. The summed E-state index contributed by atoms with van der Waals surface area (Å²) in [5, 5.41) is 15.6. The zero-order valence-corrected chi connectivity index (χ0v) is 44.7. The van der Waals surface area contributed by atoms with Gasteiger partial charge >= 0.3 is 0 Å². The zero-order valence-electron chi connectivity index (χ0n) is 43.8. The highest BCUT2D eigenvalue weighted by molar-refractivity contribution is 7.44. The second kappa shape index (κ2) is 28.0. The monoisotopic (exact) mass is 1020 g/mol. The van der Waals surface area contributed by atoms with Crippen LogP contribution in [0.15, 0.2) is 140 Å².